The molecule has 0 fully saturated rings. The van der Waals surface area contributed by atoms with Crippen molar-refractivity contribution in [3.63, 3.8) is 0 Å². The molecule has 0 aliphatic heterocycles. The maximum atomic E-state index is 10.4. The van der Waals surface area contributed by atoms with E-state index in [1.165, 1.54) is 6.92 Å². The molecule has 0 N–H and O–H groups in total. The first-order valence-corrected chi connectivity index (χ1v) is 3.89. The molecule has 0 aromatic rings. The van der Waals surface area contributed by atoms with E-state index < -0.39 is 0 Å². The van der Waals surface area contributed by atoms with Gasteiger partial charge in [0.2, 0.25) is 0 Å². The number of carbonyl (C=O) groups is 1. The van der Waals surface area contributed by atoms with Gasteiger partial charge in [0.15, 0.2) is 0 Å². The van der Waals surface area contributed by atoms with Gasteiger partial charge in [-0.1, -0.05) is 6.92 Å². The lowest BCUT2D eigenvalue weighted by molar-refractivity contribution is -0.145. The molecule has 0 spiro atoms. The Kier molecular flexibility index (Phi) is 4.52. The minimum atomic E-state index is -0.221. The van der Waals surface area contributed by atoms with Crippen LogP contribution < -0.4 is 0 Å². The molecular formula is C7H14O2S. The van der Waals surface area contributed by atoms with Crippen molar-refractivity contribution in [1.82, 2.24) is 0 Å². The van der Waals surface area contributed by atoms with E-state index in [0.717, 1.165) is 6.42 Å². The Balaban J connectivity index is 3.43. The fourth-order valence-electron chi connectivity index (χ4n) is 0.812. The van der Waals surface area contributed by atoms with Crippen LogP contribution in [0.4, 0.5) is 0 Å². The topological polar surface area (TPSA) is 26.3 Å². The van der Waals surface area contributed by atoms with Crippen molar-refractivity contribution in [3.05, 3.63) is 0 Å². The molecule has 60 valence electrons. The quantitative estimate of drug-likeness (QED) is 0.504. The molecule has 0 heterocycles. The molecular weight excluding hydrogens is 148 g/mol. The van der Waals surface area contributed by atoms with Crippen LogP contribution in [0.25, 0.3) is 0 Å². The van der Waals surface area contributed by atoms with Crippen LogP contribution in [0, 0.1) is 0 Å². The second kappa shape index (κ2) is 4.61. The first-order valence-electron chi connectivity index (χ1n) is 3.37. The monoisotopic (exact) mass is 162 g/mol. The Hall–Kier alpha value is -0.180. The maximum Gasteiger partial charge on any atom is 0.302 e. The van der Waals surface area contributed by atoms with E-state index in [9.17, 15) is 4.79 Å². The summed E-state index contributed by atoms with van der Waals surface area (Å²) in [7, 11) is 0. The molecule has 2 unspecified atom stereocenters. The van der Waals surface area contributed by atoms with E-state index in [2.05, 4.69) is 12.6 Å². The molecule has 2 atom stereocenters. The van der Waals surface area contributed by atoms with Crippen LogP contribution in [0.2, 0.25) is 0 Å². The largest absolute Gasteiger partial charge is 0.463 e. The van der Waals surface area contributed by atoms with E-state index in [4.69, 9.17) is 4.74 Å². The van der Waals surface area contributed by atoms with Crippen molar-refractivity contribution in [3.8, 4) is 0 Å². The minimum absolute atomic E-state index is 0.00926. The first kappa shape index (κ1) is 9.82. The summed E-state index contributed by atoms with van der Waals surface area (Å²) in [6.45, 7) is 5.26. The third-order valence-electron chi connectivity index (χ3n) is 1.04. The predicted molar refractivity (Wildman–Crippen MR) is 44.3 cm³/mol. The molecule has 0 aromatic heterocycles. The third kappa shape index (κ3) is 5.95. The average molecular weight is 162 g/mol. The highest BCUT2D eigenvalue weighted by Gasteiger charge is 2.07. The van der Waals surface area contributed by atoms with E-state index in [-0.39, 0.29) is 17.3 Å². The second-order valence-corrected chi connectivity index (χ2v) is 3.39. The fraction of sp³-hybridized carbons (Fsp3) is 0.857. The molecule has 0 aliphatic carbocycles. The van der Waals surface area contributed by atoms with E-state index in [1.807, 2.05) is 13.8 Å². The highest BCUT2D eigenvalue weighted by Crippen LogP contribution is 2.06. The normalized spacial score (nSPS) is 16.0. The molecule has 10 heavy (non-hydrogen) atoms. The van der Waals surface area contributed by atoms with Gasteiger partial charge in [-0.25, -0.2) is 0 Å². The summed E-state index contributed by atoms with van der Waals surface area (Å²) in [4.78, 5) is 10.4. The molecule has 0 saturated carbocycles. The Morgan fingerprint density at radius 2 is 2.10 bits per heavy atom. The SMILES string of the molecule is CC(=O)OC(C)CC(C)S. The van der Waals surface area contributed by atoms with Gasteiger partial charge in [0, 0.05) is 12.2 Å². The summed E-state index contributed by atoms with van der Waals surface area (Å²) < 4.78 is 4.87. The van der Waals surface area contributed by atoms with E-state index in [0.29, 0.717) is 0 Å². The number of rotatable bonds is 3. The average Bonchev–Trinajstić information content (AvgIpc) is 1.58. The predicted octanol–water partition coefficient (Wildman–Crippen LogP) is 1.65. The van der Waals surface area contributed by atoms with Crippen molar-refractivity contribution < 1.29 is 9.53 Å². The number of hydrogen-bond donors (Lipinski definition) is 1. The lowest BCUT2D eigenvalue weighted by Gasteiger charge is -2.12. The van der Waals surface area contributed by atoms with Crippen LogP contribution in [0.3, 0.4) is 0 Å². The standard InChI is InChI=1S/C7H14O2S/c1-5(4-6(2)10)9-7(3)8/h5-6,10H,4H2,1-3H3. The second-order valence-electron chi connectivity index (χ2n) is 2.50. The zero-order valence-electron chi connectivity index (χ0n) is 6.63. The van der Waals surface area contributed by atoms with Crippen LogP contribution in [0.15, 0.2) is 0 Å². The van der Waals surface area contributed by atoms with E-state index in [1.54, 1.807) is 0 Å². The number of hydrogen-bond acceptors (Lipinski definition) is 3. The molecule has 0 radical (unpaired) electrons. The van der Waals surface area contributed by atoms with Gasteiger partial charge in [-0.2, -0.15) is 12.6 Å². The zero-order valence-corrected chi connectivity index (χ0v) is 7.52. The summed E-state index contributed by atoms with van der Waals surface area (Å²) in [5.41, 5.74) is 0. The molecule has 3 heteroatoms. The van der Waals surface area contributed by atoms with Crippen molar-refractivity contribution in [2.24, 2.45) is 0 Å². The summed E-state index contributed by atoms with van der Waals surface area (Å²) in [5, 5.41) is 0.286. The van der Waals surface area contributed by atoms with Gasteiger partial charge in [0.05, 0.1) is 0 Å². The Morgan fingerprint density at radius 1 is 1.60 bits per heavy atom. The van der Waals surface area contributed by atoms with Gasteiger partial charge in [-0.05, 0) is 13.3 Å². The summed E-state index contributed by atoms with van der Waals surface area (Å²) in [6, 6.07) is 0. The van der Waals surface area contributed by atoms with Gasteiger partial charge in [0.1, 0.15) is 6.10 Å². The molecule has 0 aromatic carbocycles. The van der Waals surface area contributed by atoms with Crippen molar-refractivity contribution in [2.75, 3.05) is 0 Å². The van der Waals surface area contributed by atoms with Crippen LogP contribution >= 0.6 is 12.6 Å². The number of esters is 1. The van der Waals surface area contributed by atoms with Gasteiger partial charge >= 0.3 is 5.97 Å². The van der Waals surface area contributed by atoms with Gasteiger partial charge in [0.25, 0.3) is 0 Å². The molecule has 0 saturated heterocycles. The molecule has 0 rings (SSSR count). The molecule has 0 amide bonds. The first-order chi connectivity index (χ1) is 4.52. The summed E-state index contributed by atoms with van der Waals surface area (Å²) in [5.74, 6) is -0.221. The van der Waals surface area contributed by atoms with Crippen molar-refractivity contribution in [2.45, 2.75) is 38.5 Å². The van der Waals surface area contributed by atoms with Gasteiger partial charge in [-0.3, -0.25) is 4.79 Å². The zero-order chi connectivity index (χ0) is 8.15. The molecule has 0 bridgehead atoms. The number of ether oxygens (including phenoxy) is 1. The Morgan fingerprint density at radius 3 is 2.40 bits per heavy atom. The Bertz CT molecular complexity index is 112. The summed E-state index contributed by atoms with van der Waals surface area (Å²) in [6.07, 6.45) is 0.799. The molecule has 0 aliphatic rings. The fourth-order valence-corrected chi connectivity index (χ4v) is 1.11. The Labute approximate surface area is 67.4 Å². The lowest BCUT2D eigenvalue weighted by atomic mass is 10.2. The van der Waals surface area contributed by atoms with E-state index >= 15 is 0 Å². The highest BCUT2D eigenvalue weighted by molar-refractivity contribution is 7.80. The van der Waals surface area contributed by atoms with Crippen LogP contribution in [0.1, 0.15) is 27.2 Å². The van der Waals surface area contributed by atoms with Crippen LogP contribution in [0.5, 0.6) is 0 Å². The van der Waals surface area contributed by atoms with Crippen molar-refractivity contribution >= 4 is 18.6 Å². The lowest BCUT2D eigenvalue weighted by Crippen LogP contribution is -2.15. The maximum absolute atomic E-state index is 10.4. The smallest absolute Gasteiger partial charge is 0.302 e. The minimum Gasteiger partial charge on any atom is -0.463 e. The number of thiol groups is 1. The number of carbonyl (C=O) groups excluding carboxylic acids is 1. The summed E-state index contributed by atoms with van der Waals surface area (Å²) >= 11 is 4.17. The highest BCUT2D eigenvalue weighted by atomic mass is 32.1. The van der Waals surface area contributed by atoms with Gasteiger partial charge < -0.3 is 4.74 Å². The molecule has 2 nitrogen and oxygen atoms in total. The van der Waals surface area contributed by atoms with Gasteiger partial charge in [-0.15, -0.1) is 0 Å². The van der Waals surface area contributed by atoms with Crippen LogP contribution in [-0.4, -0.2) is 17.3 Å². The third-order valence-corrected chi connectivity index (χ3v) is 1.25. The van der Waals surface area contributed by atoms with Crippen molar-refractivity contribution in [1.29, 1.82) is 0 Å². The van der Waals surface area contributed by atoms with Crippen LogP contribution in [-0.2, 0) is 9.53 Å².